The molecule has 0 saturated heterocycles. The number of halogens is 2. The molecule has 20 heavy (non-hydrogen) atoms. The summed E-state index contributed by atoms with van der Waals surface area (Å²) >= 11 is 5.85. The number of ether oxygens (including phenoxy) is 1. The van der Waals surface area contributed by atoms with Gasteiger partial charge in [-0.15, -0.1) is 0 Å². The summed E-state index contributed by atoms with van der Waals surface area (Å²) in [4.78, 5) is 3.95. The van der Waals surface area contributed by atoms with Crippen LogP contribution in [0.4, 0.5) is 4.39 Å². The lowest BCUT2D eigenvalue weighted by Crippen LogP contribution is -2.15. The monoisotopic (exact) mass is 295 g/mol. The molecule has 7 heteroatoms. The van der Waals surface area contributed by atoms with Crippen LogP contribution in [0.2, 0.25) is 5.02 Å². The molecule has 1 aromatic heterocycles. The maximum Gasteiger partial charge on any atom is 0.188 e. The van der Waals surface area contributed by atoms with Gasteiger partial charge in [0.05, 0.1) is 5.02 Å². The number of nitrogens with zero attached hydrogens (tertiary/aromatic N) is 2. The van der Waals surface area contributed by atoms with Crippen LogP contribution in [0.1, 0.15) is 11.3 Å². The second-order valence-electron chi connectivity index (χ2n) is 3.90. The van der Waals surface area contributed by atoms with Gasteiger partial charge in [0.2, 0.25) is 0 Å². The molecule has 0 atom stereocenters. The summed E-state index contributed by atoms with van der Waals surface area (Å²) in [7, 11) is 0. The van der Waals surface area contributed by atoms with E-state index in [1.54, 1.807) is 12.1 Å². The van der Waals surface area contributed by atoms with E-state index >= 15 is 0 Å². The molecule has 0 aliphatic rings. The highest BCUT2D eigenvalue weighted by Gasteiger charge is 2.06. The second kappa shape index (κ2) is 6.21. The quantitative estimate of drug-likeness (QED) is 0.393. The molecule has 1 aromatic carbocycles. The van der Waals surface area contributed by atoms with Crippen molar-refractivity contribution in [2.75, 3.05) is 0 Å². The second-order valence-corrected chi connectivity index (χ2v) is 4.31. The van der Waals surface area contributed by atoms with Gasteiger partial charge >= 0.3 is 0 Å². The standard InChI is InChI=1S/C13H11ClFN3O2/c14-10-6-9(15)1-2-12(10)20-7-8-3-4-17-11(5-8)13(16)18-19/h1-6,19H,7H2,(H2,16,18). The van der Waals surface area contributed by atoms with Crippen molar-refractivity contribution in [3.63, 3.8) is 0 Å². The van der Waals surface area contributed by atoms with E-state index in [0.29, 0.717) is 11.4 Å². The molecule has 0 amide bonds. The van der Waals surface area contributed by atoms with Crippen LogP contribution in [0.25, 0.3) is 0 Å². The maximum absolute atomic E-state index is 12.9. The van der Waals surface area contributed by atoms with Crippen LogP contribution in [0.5, 0.6) is 5.75 Å². The highest BCUT2D eigenvalue weighted by Crippen LogP contribution is 2.25. The smallest absolute Gasteiger partial charge is 0.188 e. The summed E-state index contributed by atoms with van der Waals surface area (Å²) in [5, 5.41) is 11.6. The fourth-order valence-electron chi connectivity index (χ4n) is 1.51. The first-order valence-electron chi connectivity index (χ1n) is 5.61. The summed E-state index contributed by atoms with van der Waals surface area (Å²) < 4.78 is 18.4. The van der Waals surface area contributed by atoms with Gasteiger partial charge in [0.1, 0.15) is 23.9 Å². The SMILES string of the molecule is NC(=NO)c1cc(COc2ccc(F)cc2Cl)ccn1. The molecule has 0 aliphatic carbocycles. The highest BCUT2D eigenvalue weighted by molar-refractivity contribution is 6.32. The minimum Gasteiger partial charge on any atom is -0.487 e. The first-order valence-corrected chi connectivity index (χ1v) is 5.98. The number of amidine groups is 1. The van der Waals surface area contributed by atoms with Crippen molar-refractivity contribution in [2.24, 2.45) is 10.9 Å². The summed E-state index contributed by atoms with van der Waals surface area (Å²) in [6, 6.07) is 7.21. The number of hydrogen-bond donors (Lipinski definition) is 2. The van der Waals surface area contributed by atoms with E-state index in [2.05, 4.69) is 10.1 Å². The van der Waals surface area contributed by atoms with Crippen molar-refractivity contribution in [3.8, 4) is 5.75 Å². The molecule has 2 aromatic rings. The van der Waals surface area contributed by atoms with Gasteiger partial charge in [-0.05, 0) is 35.9 Å². The molecule has 1 heterocycles. The third-order valence-corrected chi connectivity index (χ3v) is 2.78. The van der Waals surface area contributed by atoms with Crippen LogP contribution in [0, 0.1) is 5.82 Å². The Morgan fingerprint density at radius 2 is 2.20 bits per heavy atom. The molecule has 0 spiro atoms. The van der Waals surface area contributed by atoms with Crippen molar-refractivity contribution in [2.45, 2.75) is 6.61 Å². The highest BCUT2D eigenvalue weighted by atomic mass is 35.5. The Bertz CT molecular complexity index is 649. The lowest BCUT2D eigenvalue weighted by Gasteiger charge is -2.08. The summed E-state index contributed by atoms with van der Waals surface area (Å²) in [6.07, 6.45) is 1.51. The van der Waals surface area contributed by atoms with Crippen molar-refractivity contribution in [1.29, 1.82) is 0 Å². The van der Waals surface area contributed by atoms with Gasteiger partial charge in [-0.3, -0.25) is 4.98 Å². The minimum atomic E-state index is -0.430. The molecule has 2 rings (SSSR count). The van der Waals surface area contributed by atoms with Gasteiger partial charge in [-0.25, -0.2) is 4.39 Å². The van der Waals surface area contributed by atoms with E-state index in [1.165, 1.54) is 24.4 Å². The Labute approximate surface area is 119 Å². The van der Waals surface area contributed by atoms with Gasteiger partial charge in [0.15, 0.2) is 5.84 Å². The number of pyridine rings is 1. The van der Waals surface area contributed by atoms with Gasteiger partial charge < -0.3 is 15.7 Å². The zero-order chi connectivity index (χ0) is 14.5. The average Bonchev–Trinajstić information content (AvgIpc) is 2.46. The van der Waals surface area contributed by atoms with Crippen LogP contribution in [0.15, 0.2) is 41.7 Å². The van der Waals surface area contributed by atoms with Crippen molar-refractivity contribution >= 4 is 17.4 Å². The molecule has 0 fully saturated rings. The van der Waals surface area contributed by atoms with Crippen molar-refractivity contribution in [3.05, 3.63) is 58.6 Å². The third kappa shape index (κ3) is 3.36. The summed E-state index contributed by atoms with van der Waals surface area (Å²) in [5.74, 6) is -0.151. The number of nitrogens with two attached hydrogens (primary N) is 1. The topological polar surface area (TPSA) is 80.7 Å². The largest absolute Gasteiger partial charge is 0.487 e. The van der Waals surface area contributed by atoms with Crippen LogP contribution >= 0.6 is 11.6 Å². The van der Waals surface area contributed by atoms with Crippen LogP contribution < -0.4 is 10.5 Å². The summed E-state index contributed by atoms with van der Waals surface area (Å²) in [6.45, 7) is 0.194. The number of aromatic nitrogens is 1. The Morgan fingerprint density at radius 1 is 1.40 bits per heavy atom. The van der Waals surface area contributed by atoms with E-state index in [4.69, 9.17) is 27.3 Å². The minimum absolute atomic E-state index is 0.0911. The molecule has 0 bridgehead atoms. The number of hydrogen-bond acceptors (Lipinski definition) is 4. The molecule has 0 saturated carbocycles. The van der Waals surface area contributed by atoms with E-state index < -0.39 is 5.82 Å². The Hall–Kier alpha value is -2.34. The molecule has 0 unspecified atom stereocenters. The van der Waals surface area contributed by atoms with E-state index in [9.17, 15) is 4.39 Å². The molecule has 104 valence electrons. The lowest BCUT2D eigenvalue weighted by molar-refractivity contribution is 0.305. The zero-order valence-corrected chi connectivity index (χ0v) is 11.0. The fraction of sp³-hybridized carbons (Fsp3) is 0.0769. The molecule has 0 aliphatic heterocycles. The maximum atomic E-state index is 12.9. The predicted molar refractivity (Wildman–Crippen MR) is 72.5 cm³/mol. The lowest BCUT2D eigenvalue weighted by atomic mass is 10.2. The molecular weight excluding hydrogens is 285 g/mol. The number of rotatable bonds is 4. The van der Waals surface area contributed by atoms with Crippen LogP contribution in [-0.2, 0) is 6.61 Å². The number of benzene rings is 1. The third-order valence-electron chi connectivity index (χ3n) is 2.48. The fourth-order valence-corrected chi connectivity index (χ4v) is 1.73. The Morgan fingerprint density at radius 3 is 2.90 bits per heavy atom. The van der Waals surface area contributed by atoms with Crippen LogP contribution in [-0.4, -0.2) is 16.0 Å². The van der Waals surface area contributed by atoms with Gasteiger partial charge in [-0.2, -0.15) is 0 Å². The first-order chi connectivity index (χ1) is 9.60. The average molecular weight is 296 g/mol. The predicted octanol–water partition coefficient (Wildman–Crippen LogP) is 2.55. The van der Waals surface area contributed by atoms with E-state index in [0.717, 1.165) is 5.56 Å². The van der Waals surface area contributed by atoms with E-state index in [-0.39, 0.29) is 17.5 Å². The Kier molecular flexibility index (Phi) is 4.37. The molecule has 5 nitrogen and oxygen atoms in total. The zero-order valence-electron chi connectivity index (χ0n) is 10.3. The number of oxime groups is 1. The Balaban J connectivity index is 2.11. The first kappa shape index (κ1) is 14.1. The molecular formula is C13H11ClFN3O2. The molecule has 0 radical (unpaired) electrons. The summed E-state index contributed by atoms with van der Waals surface area (Å²) in [5.41, 5.74) is 6.53. The normalized spacial score (nSPS) is 11.4. The van der Waals surface area contributed by atoms with Gasteiger partial charge in [0, 0.05) is 6.20 Å². The van der Waals surface area contributed by atoms with Gasteiger partial charge in [0.25, 0.3) is 0 Å². The van der Waals surface area contributed by atoms with Gasteiger partial charge in [-0.1, -0.05) is 16.8 Å². The molecule has 3 N–H and O–H groups in total. The van der Waals surface area contributed by atoms with Crippen molar-refractivity contribution in [1.82, 2.24) is 4.98 Å². The van der Waals surface area contributed by atoms with E-state index in [1.807, 2.05) is 0 Å². The van der Waals surface area contributed by atoms with Crippen molar-refractivity contribution < 1.29 is 14.3 Å². The van der Waals surface area contributed by atoms with Crippen LogP contribution in [0.3, 0.4) is 0 Å².